The number of hydrogen-bond acceptors (Lipinski definition) is 5. The highest BCUT2D eigenvalue weighted by Crippen LogP contribution is 2.22. The van der Waals surface area contributed by atoms with Crippen LogP contribution in [0, 0.1) is 0 Å². The van der Waals surface area contributed by atoms with Gasteiger partial charge in [-0.1, -0.05) is 0 Å². The minimum absolute atomic E-state index is 0.0929. The van der Waals surface area contributed by atoms with E-state index in [1.807, 2.05) is 0 Å². The molecule has 1 saturated heterocycles. The summed E-state index contributed by atoms with van der Waals surface area (Å²) in [6.07, 6.45) is 1.45. The third-order valence-electron chi connectivity index (χ3n) is 3.25. The third-order valence-corrected chi connectivity index (χ3v) is 5.03. The number of rotatable bonds is 4. The molecule has 1 aliphatic rings. The smallest absolute Gasteiger partial charge is 0.371 e. The predicted molar refractivity (Wildman–Crippen MR) is 66.5 cm³/mol. The quantitative estimate of drug-likeness (QED) is 0.829. The second-order valence-corrected chi connectivity index (χ2v) is 6.35. The highest BCUT2D eigenvalue weighted by Gasteiger charge is 2.31. The molecule has 2 N–H and O–H groups in total. The molecule has 0 amide bonds. The Morgan fingerprint density at radius 3 is 2.58 bits per heavy atom. The van der Waals surface area contributed by atoms with Crippen LogP contribution < -0.4 is 5.32 Å². The number of nitrogens with one attached hydrogen (secondary N) is 1. The Kier molecular flexibility index (Phi) is 3.93. The summed E-state index contributed by atoms with van der Waals surface area (Å²) in [5.74, 6) is -1.66. The van der Waals surface area contributed by atoms with E-state index in [1.165, 1.54) is 17.4 Å². The Morgan fingerprint density at radius 1 is 1.42 bits per heavy atom. The third kappa shape index (κ3) is 2.80. The van der Waals surface area contributed by atoms with Gasteiger partial charge in [0.15, 0.2) is 0 Å². The van der Waals surface area contributed by atoms with Crippen LogP contribution in [0.15, 0.2) is 21.6 Å². The van der Waals surface area contributed by atoms with Gasteiger partial charge in [0.1, 0.15) is 0 Å². The fourth-order valence-electron chi connectivity index (χ4n) is 2.08. The van der Waals surface area contributed by atoms with Gasteiger partial charge in [-0.2, -0.15) is 4.31 Å². The molecular formula is C11H16N2O5S. The van der Waals surface area contributed by atoms with Gasteiger partial charge in [0, 0.05) is 13.1 Å². The molecule has 0 bridgehead atoms. The number of sulfonamides is 1. The zero-order valence-corrected chi connectivity index (χ0v) is 11.3. The molecule has 7 nitrogen and oxygen atoms in total. The van der Waals surface area contributed by atoms with Crippen LogP contribution in [0.5, 0.6) is 0 Å². The highest BCUT2D eigenvalue weighted by atomic mass is 32.2. The van der Waals surface area contributed by atoms with Crippen molar-refractivity contribution in [2.75, 3.05) is 20.1 Å². The Morgan fingerprint density at radius 2 is 2.05 bits per heavy atom. The molecule has 0 aliphatic carbocycles. The molecule has 1 aliphatic heterocycles. The van der Waals surface area contributed by atoms with Crippen LogP contribution in [0.3, 0.4) is 0 Å². The number of nitrogens with zero attached hydrogens (tertiary/aromatic N) is 1. The summed E-state index contributed by atoms with van der Waals surface area (Å²) in [6, 6.07) is 2.23. The molecule has 19 heavy (non-hydrogen) atoms. The van der Waals surface area contributed by atoms with E-state index >= 15 is 0 Å². The first kappa shape index (κ1) is 14.0. The average molecular weight is 288 g/mol. The fraction of sp³-hybridized carbons (Fsp3) is 0.545. The van der Waals surface area contributed by atoms with E-state index in [-0.39, 0.29) is 16.9 Å². The van der Waals surface area contributed by atoms with E-state index < -0.39 is 16.0 Å². The van der Waals surface area contributed by atoms with E-state index in [0.717, 1.165) is 32.0 Å². The Labute approximate surface area is 111 Å². The first-order valence-corrected chi connectivity index (χ1v) is 7.39. The Balaban J connectivity index is 2.22. The molecule has 0 saturated carbocycles. The maximum Gasteiger partial charge on any atom is 0.371 e. The van der Waals surface area contributed by atoms with Crippen molar-refractivity contribution in [3.8, 4) is 0 Å². The van der Waals surface area contributed by atoms with Crippen molar-refractivity contribution in [3.05, 3.63) is 17.9 Å². The van der Waals surface area contributed by atoms with Gasteiger partial charge in [0.25, 0.3) is 10.0 Å². The van der Waals surface area contributed by atoms with Gasteiger partial charge in [-0.25, -0.2) is 13.2 Å². The van der Waals surface area contributed by atoms with Crippen LogP contribution in [-0.4, -0.2) is 50.0 Å². The molecule has 2 rings (SSSR count). The lowest BCUT2D eigenvalue weighted by atomic mass is 10.1. The fourth-order valence-corrected chi connectivity index (χ4v) is 3.40. The van der Waals surface area contributed by atoms with Gasteiger partial charge in [0.2, 0.25) is 10.9 Å². The molecule has 0 atom stereocenters. The lowest BCUT2D eigenvalue weighted by molar-refractivity contribution is 0.0656. The zero-order valence-electron chi connectivity index (χ0n) is 10.5. The van der Waals surface area contributed by atoms with Crippen LogP contribution in [0.25, 0.3) is 0 Å². The highest BCUT2D eigenvalue weighted by molar-refractivity contribution is 7.89. The van der Waals surface area contributed by atoms with Gasteiger partial charge in [-0.15, -0.1) is 0 Å². The van der Waals surface area contributed by atoms with Gasteiger partial charge in [-0.3, -0.25) is 0 Å². The lowest BCUT2D eigenvalue weighted by Crippen LogP contribution is -2.43. The minimum Gasteiger partial charge on any atom is -0.475 e. The number of carboxylic acid groups (broad SMARTS) is 1. The predicted octanol–water partition coefficient (Wildman–Crippen LogP) is 0.350. The van der Waals surface area contributed by atoms with E-state index in [4.69, 9.17) is 9.52 Å². The van der Waals surface area contributed by atoms with Crippen molar-refractivity contribution in [3.63, 3.8) is 0 Å². The summed E-state index contributed by atoms with van der Waals surface area (Å²) in [6.45, 7) is 1.53. The summed E-state index contributed by atoms with van der Waals surface area (Å²) in [5, 5.41) is 11.6. The number of furan rings is 1. The SMILES string of the molecule is CN(C1CCNCC1)S(=O)(=O)c1ccc(C(=O)O)o1. The summed E-state index contributed by atoms with van der Waals surface area (Å²) in [5.41, 5.74) is 0. The Bertz CT molecular complexity index is 559. The molecule has 0 aromatic carbocycles. The van der Waals surface area contributed by atoms with Crippen LogP contribution in [-0.2, 0) is 10.0 Å². The maximum absolute atomic E-state index is 12.3. The number of piperidine rings is 1. The van der Waals surface area contributed by atoms with E-state index in [0.29, 0.717) is 0 Å². The molecule has 2 heterocycles. The molecule has 8 heteroatoms. The van der Waals surface area contributed by atoms with Gasteiger partial charge < -0.3 is 14.8 Å². The summed E-state index contributed by atoms with van der Waals surface area (Å²) < 4.78 is 30.7. The van der Waals surface area contributed by atoms with E-state index in [2.05, 4.69) is 5.32 Å². The zero-order chi connectivity index (χ0) is 14.0. The van der Waals surface area contributed by atoms with Crippen LogP contribution in [0.4, 0.5) is 0 Å². The van der Waals surface area contributed by atoms with Gasteiger partial charge in [-0.05, 0) is 38.1 Å². The van der Waals surface area contributed by atoms with Crippen molar-refractivity contribution < 1.29 is 22.7 Å². The molecule has 0 unspecified atom stereocenters. The number of aromatic carboxylic acids is 1. The molecular weight excluding hydrogens is 272 g/mol. The molecule has 0 radical (unpaired) electrons. The average Bonchev–Trinajstić information content (AvgIpc) is 2.89. The molecule has 1 aromatic heterocycles. The summed E-state index contributed by atoms with van der Waals surface area (Å²) in [7, 11) is -2.28. The first-order chi connectivity index (χ1) is 8.93. The van der Waals surface area contributed by atoms with E-state index in [9.17, 15) is 13.2 Å². The standard InChI is InChI=1S/C11H16N2O5S/c1-13(8-4-6-12-7-5-8)19(16,17)10-3-2-9(18-10)11(14)15/h2-3,8,12H,4-7H2,1H3,(H,14,15). The van der Waals surface area contributed by atoms with Crippen LogP contribution >= 0.6 is 0 Å². The molecule has 106 valence electrons. The van der Waals surface area contributed by atoms with Gasteiger partial charge in [0.05, 0.1) is 0 Å². The van der Waals surface area contributed by atoms with Crippen molar-refractivity contribution in [2.45, 2.75) is 24.0 Å². The van der Waals surface area contributed by atoms with Crippen molar-refractivity contribution >= 4 is 16.0 Å². The second-order valence-electron chi connectivity index (χ2n) is 4.43. The molecule has 1 fully saturated rings. The number of carboxylic acids is 1. The first-order valence-electron chi connectivity index (χ1n) is 5.95. The number of hydrogen-bond donors (Lipinski definition) is 2. The van der Waals surface area contributed by atoms with Crippen molar-refractivity contribution in [2.24, 2.45) is 0 Å². The second kappa shape index (κ2) is 5.32. The minimum atomic E-state index is -3.78. The monoisotopic (exact) mass is 288 g/mol. The van der Waals surface area contributed by atoms with Crippen LogP contribution in [0.1, 0.15) is 23.4 Å². The summed E-state index contributed by atoms with van der Waals surface area (Å²) in [4.78, 5) is 10.7. The normalized spacial score (nSPS) is 17.8. The maximum atomic E-state index is 12.3. The van der Waals surface area contributed by atoms with Crippen LogP contribution in [0.2, 0.25) is 0 Å². The van der Waals surface area contributed by atoms with Gasteiger partial charge >= 0.3 is 5.97 Å². The lowest BCUT2D eigenvalue weighted by Gasteiger charge is -2.30. The molecule has 1 aromatic rings. The largest absolute Gasteiger partial charge is 0.475 e. The number of carbonyl (C=O) groups is 1. The molecule has 0 spiro atoms. The van der Waals surface area contributed by atoms with E-state index in [1.54, 1.807) is 0 Å². The van der Waals surface area contributed by atoms with Crippen molar-refractivity contribution in [1.82, 2.24) is 9.62 Å². The van der Waals surface area contributed by atoms with Crippen molar-refractivity contribution in [1.29, 1.82) is 0 Å². The summed E-state index contributed by atoms with van der Waals surface area (Å²) >= 11 is 0. The Hall–Kier alpha value is -1.38. The topological polar surface area (TPSA) is 99.9 Å².